The maximum atomic E-state index is 12.7. The third-order valence-corrected chi connectivity index (χ3v) is 10.9. The van der Waals surface area contributed by atoms with Gasteiger partial charge in [0.1, 0.15) is 4.75 Å². The molecule has 10 heteroatoms. The van der Waals surface area contributed by atoms with Gasteiger partial charge in [-0.1, -0.05) is 20.8 Å². The zero-order valence-electron chi connectivity index (χ0n) is 18.4. The van der Waals surface area contributed by atoms with E-state index in [2.05, 4.69) is 43.6 Å². The minimum Gasteiger partial charge on any atom is -0.598 e. The van der Waals surface area contributed by atoms with Crippen LogP contribution in [-0.2, 0) is 15.8 Å². The van der Waals surface area contributed by atoms with Crippen LogP contribution in [0.2, 0.25) is 18.1 Å². The summed E-state index contributed by atoms with van der Waals surface area (Å²) in [6, 6.07) is 2.60. The average Bonchev–Trinajstić information content (AvgIpc) is 2.54. The molecule has 0 amide bonds. The summed E-state index contributed by atoms with van der Waals surface area (Å²) in [5, 5.41) is -0.0139. The second-order valence-electron chi connectivity index (χ2n) is 9.45. The van der Waals surface area contributed by atoms with Crippen LogP contribution in [-0.4, -0.2) is 42.0 Å². The molecule has 1 N–H and O–H groups in total. The van der Waals surface area contributed by atoms with Crippen LogP contribution in [0.3, 0.4) is 0 Å². The van der Waals surface area contributed by atoms with Crippen LogP contribution in [0.4, 0.5) is 13.2 Å². The highest BCUT2D eigenvalue weighted by atomic mass is 32.2. The average molecular weight is 455 g/mol. The molecule has 1 heterocycles. The zero-order chi connectivity index (χ0) is 22.7. The Bertz CT molecular complexity index is 661. The van der Waals surface area contributed by atoms with Crippen molar-refractivity contribution in [2.75, 3.05) is 13.2 Å². The lowest BCUT2D eigenvalue weighted by Crippen LogP contribution is -2.46. The van der Waals surface area contributed by atoms with Gasteiger partial charge in [-0.15, -0.1) is 4.72 Å². The maximum Gasteiger partial charge on any atom is 0.422 e. The fourth-order valence-corrected chi connectivity index (χ4v) is 3.72. The fraction of sp³-hybridized carbons (Fsp3) is 0.737. The Morgan fingerprint density at radius 2 is 1.76 bits per heavy atom. The standard InChI is InChI=1S/C19H33F3N2O3SSi/c1-17(2,3)28(25)24-15(12-27-29(7,8)18(4,5)6)14-9-10-23-16(11-14)26-13-19(20,21)22/h9-11,15,24H,12-13H2,1-8H3/t15-,28+/m0/s1. The van der Waals surface area contributed by atoms with Crippen LogP contribution >= 0.6 is 0 Å². The molecule has 1 aromatic heterocycles. The van der Waals surface area contributed by atoms with E-state index in [-0.39, 0.29) is 17.5 Å². The van der Waals surface area contributed by atoms with E-state index in [0.717, 1.165) is 0 Å². The molecule has 0 radical (unpaired) electrons. The number of ether oxygens (including phenoxy) is 1. The third-order valence-electron chi connectivity index (χ3n) is 4.77. The highest BCUT2D eigenvalue weighted by molar-refractivity contribution is 7.90. The van der Waals surface area contributed by atoms with Crippen LogP contribution in [0.25, 0.3) is 0 Å². The van der Waals surface area contributed by atoms with Gasteiger partial charge in [0.25, 0.3) is 0 Å². The van der Waals surface area contributed by atoms with E-state index in [9.17, 15) is 17.7 Å². The molecule has 1 aromatic rings. The van der Waals surface area contributed by atoms with Crippen LogP contribution in [0.1, 0.15) is 53.1 Å². The van der Waals surface area contributed by atoms with Crippen molar-refractivity contribution in [3.63, 3.8) is 0 Å². The van der Waals surface area contributed by atoms with E-state index < -0.39 is 43.3 Å². The minimum absolute atomic E-state index is 0.0139. The summed E-state index contributed by atoms with van der Waals surface area (Å²) in [5.74, 6) is -0.138. The molecular formula is C19H33F3N2O3SSi. The Morgan fingerprint density at radius 3 is 2.24 bits per heavy atom. The topological polar surface area (TPSA) is 66.4 Å². The van der Waals surface area contributed by atoms with Crippen LogP contribution in [0.15, 0.2) is 18.3 Å². The van der Waals surface area contributed by atoms with Crippen molar-refractivity contribution in [2.24, 2.45) is 0 Å². The van der Waals surface area contributed by atoms with Gasteiger partial charge < -0.3 is 13.7 Å². The molecule has 0 bridgehead atoms. The Labute approximate surface area is 176 Å². The van der Waals surface area contributed by atoms with Crippen LogP contribution in [0, 0.1) is 0 Å². The van der Waals surface area contributed by atoms with Gasteiger partial charge in [0.2, 0.25) is 5.88 Å². The van der Waals surface area contributed by atoms with Gasteiger partial charge in [0.15, 0.2) is 14.9 Å². The predicted molar refractivity (Wildman–Crippen MR) is 113 cm³/mol. The molecule has 0 aliphatic carbocycles. The number of nitrogens with zero attached hydrogens (tertiary/aromatic N) is 1. The van der Waals surface area contributed by atoms with E-state index in [4.69, 9.17) is 9.16 Å². The summed E-state index contributed by atoms with van der Waals surface area (Å²) < 4.78 is 63.6. The van der Waals surface area contributed by atoms with Gasteiger partial charge in [0.05, 0.1) is 12.6 Å². The Hall–Kier alpha value is -0.813. The number of alkyl halides is 3. The van der Waals surface area contributed by atoms with E-state index in [1.165, 1.54) is 12.3 Å². The molecule has 0 saturated carbocycles. The van der Waals surface area contributed by atoms with Gasteiger partial charge in [-0.25, -0.2) is 4.98 Å². The van der Waals surface area contributed by atoms with Gasteiger partial charge >= 0.3 is 6.18 Å². The summed E-state index contributed by atoms with van der Waals surface area (Å²) >= 11 is -1.40. The molecule has 0 spiro atoms. The smallest absolute Gasteiger partial charge is 0.422 e. The van der Waals surface area contributed by atoms with Crippen molar-refractivity contribution in [3.8, 4) is 5.88 Å². The summed E-state index contributed by atoms with van der Waals surface area (Å²) in [7, 11) is -2.09. The first-order valence-corrected chi connectivity index (χ1v) is 13.5. The lowest BCUT2D eigenvalue weighted by molar-refractivity contribution is -0.154. The van der Waals surface area contributed by atoms with Crippen molar-refractivity contribution in [2.45, 2.75) is 76.6 Å². The Kier molecular flexibility index (Phi) is 8.63. The maximum absolute atomic E-state index is 12.7. The molecule has 5 nitrogen and oxygen atoms in total. The Morgan fingerprint density at radius 1 is 1.17 bits per heavy atom. The highest BCUT2D eigenvalue weighted by Crippen LogP contribution is 2.37. The van der Waals surface area contributed by atoms with Gasteiger partial charge in [-0.05, 0) is 50.5 Å². The molecule has 0 unspecified atom stereocenters. The molecule has 168 valence electrons. The number of hydrogen-bond donors (Lipinski definition) is 1. The van der Waals surface area contributed by atoms with Crippen LogP contribution < -0.4 is 9.46 Å². The predicted octanol–water partition coefficient (Wildman–Crippen LogP) is 5.14. The molecular weight excluding hydrogens is 421 g/mol. The molecule has 0 saturated heterocycles. The summed E-state index contributed by atoms with van der Waals surface area (Å²) in [5.41, 5.74) is 0.605. The van der Waals surface area contributed by atoms with E-state index in [1.54, 1.807) is 6.07 Å². The summed E-state index contributed by atoms with van der Waals surface area (Å²) in [4.78, 5) is 3.84. The molecule has 2 atom stereocenters. The van der Waals surface area contributed by atoms with Crippen LogP contribution in [0.5, 0.6) is 5.88 Å². The normalized spacial score (nSPS) is 15.9. The van der Waals surface area contributed by atoms with Crippen molar-refractivity contribution in [1.82, 2.24) is 9.71 Å². The van der Waals surface area contributed by atoms with E-state index in [1.807, 2.05) is 20.8 Å². The molecule has 0 aromatic carbocycles. The number of nitrogens with one attached hydrogen (secondary N) is 1. The fourth-order valence-electron chi connectivity index (χ4n) is 1.89. The number of pyridine rings is 1. The quantitative estimate of drug-likeness (QED) is 0.435. The largest absolute Gasteiger partial charge is 0.598 e. The van der Waals surface area contributed by atoms with Gasteiger partial charge in [-0.3, -0.25) is 0 Å². The lowest BCUT2D eigenvalue weighted by Gasteiger charge is -2.37. The van der Waals surface area contributed by atoms with E-state index in [0.29, 0.717) is 5.56 Å². The zero-order valence-corrected chi connectivity index (χ0v) is 20.3. The van der Waals surface area contributed by atoms with Gasteiger partial charge in [0, 0.05) is 23.6 Å². The molecule has 1 rings (SSSR count). The lowest BCUT2D eigenvalue weighted by atomic mass is 10.1. The third kappa shape index (κ3) is 8.83. The number of rotatable bonds is 8. The first-order chi connectivity index (χ1) is 12.9. The number of aromatic nitrogens is 1. The van der Waals surface area contributed by atoms with E-state index >= 15 is 0 Å². The van der Waals surface area contributed by atoms with Crippen molar-refractivity contribution < 1.29 is 26.9 Å². The summed E-state index contributed by atoms with van der Waals surface area (Å²) in [6.07, 6.45) is -3.07. The first-order valence-electron chi connectivity index (χ1n) is 9.40. The Balaban J connectivity index is 3.07. The van der Waals surface area contributed by atoms with Crippen molar-refractivity contribution >= 4 is 19.7 Å². The van der Waals surface area contributed by atoms with Crippen molar-refractivity contribution in [3.05, 3.63) is 23.9 Å². The monoisotopic (exact) mass is 454 g/mol. The second-order valence-corrected chi connectivity index (χ2v) is 16.3. The molecule has 29 heavy (non-hydrogen) atoms. The van der Waals surface area contributed by atoms with Gasteiger partial charge in [-0.2, -0.15) is 13.2 Å². The minimum atomic E-state index is -4.45. The number of hydrogen-bond acceptors (Lipinski definition) is 5. The SMILES string of the molecule is CC(C)(C)[S@@+]([O-])N[C@@H](CO[Si](C)(C)C(C)(C)C)c1ccnc(OCC(F)(F)F)c1. The molecule has 0 aliphatic heterocycles. The summed E-state index contributed by atoms with van der Waals surface area (Å²) in [6.45, 7) is 14.9. The molecule has 0 fully saturated rings. The second kappa shape index (κ2) is 9.55. The van der Waals surface area contributed by atoms with Crippen molar-refractivity contribution in [1.29, 1.82) is 0 Å². The first kappa shape index (κ1) is 26.2. The molecule has 0 aliphatic rings. The highest BCUT2D eigenvalue weighted by Gasteiger charge is 2.39. The number of halogens is 3.